The summed E-state index contributed by atoms with van der Waals surface area (Å²) in [7, 11) is 0. The molecule has 2 N–H and O–H groups in total. The molecule has 98 valence electrons. The lowest BCUT2D eigenvalue weighted by atomic mass is 10.2. The number of hydrazone groups is 1. The van der Waals surface area contributed by atoms with Crippen LogP contribution < -0.4 is 10.7 Å². The van der Waals surface area contributed by atoms with Gasteiger partial charge in [-0.3, -0.25) is 5.43 Å². The van der Waals surface area contributed by atoms with Gasteiger partial charge in [0, 0.05) is 11.6 Å². The summed E-state index contributed by atoms with van der Waals surface area (Å²) in [5.74, 6) is 0. The lowest BCUT2D eigenvalue weighted by molar-refractivity contribution is 0.691. The zero-order chi connectivity index (χ0) is 13.2. The molecule has 0 atom stereocenters. The van der Waals surface area contributed by atoms with Crippen LogP contribution in [0.1, 0.15) is 31.7 Å². The molecule has 0 fully saturated rings. The van der Waals surface area contributed by atoms with Gasteiger partial charge in [-0.25, -0.2) is 0 Å². The maximum absolute atomic E-state index is 5.79. The van der Waals surface area contributed by atoms with Gasteiger partial charge < -0.3 is 5.32 Å². The van der Waals surface area contributed by atoms with Crippen molar-refractivity contribution in [3.63, 3.8) is 0 Å². The molecular weight excluding hydrogens is 266 g/mol. The van der Waals surface area contributed by atoms with Gasteiger partial charge in [0.25, 0.3) is 0 Å². The standard InChI is InChI=1S/C13H18ClN3S/c1-2-3-4-9-15-13(18)17-16-10-11-5-7-12(14)8-6-11/h5-8,10H,2-4,9H2,1H3,(H2,15,17,18)/b16-10-. The van der Waals surface area contributed by atoms with E-state index in [2.05, 4.69) is 22.8 Å². The summed E-state index contributed by atoms with van der Waals surface area (Å²) in [4.78, 5) is 0. The molecule has 0 amide bonds. The molecule has 18 heavy (non-hydrogen) atoms. The molecule has 0 radical (unpaired) electrons. The molecule has 3 nitrogen and oxygen atoms in total. The SMILES string of the molecule is CCCCCNC(=S)N/N=C\c1ccc(Cl)cc1. The average molecular weight is 284 g/mol. The third-order valence-corrected chi connectivity index (χ3v) is 2.80. The minimum absolute atomic E-state index is 0.552. The molecule has 0 aliphatic rings. The van der Waals surface area contributed by atoms with E-state index in [1.54, 1.807) is 6.21 Å². The first-order valence-corrected chi connectivity index (χ1v) is 6.83. The molecule has 0 heterocycles. The van der Waals surface area contributed by atoms with E-state index < -0.39 is 0 Å². The van der Waals surface area contributed by atoms with Gasteiger partial charge in [0.05, 0.1) is 6.21 Å². The lowest BCUT2D eigenvalue weighted by Crippen LogP contribution is -2.32. The maximum Gasteiger partial charge on any atom is 0.186 e. The van der Waals surface area contributed by atoms with E-state index in [0.717, 1.165) is 18.5 Å². The van der Waals surface area contributed by atoms with Gasteiger partial charge in [0.15, 0.2) is 5.11 Å². The van der Waals surface area contributed by atoms with E-state index >= 15 is 0 Å². The van der Waals surface area contributed by atoms with Crippen molar-refractivity contribution < 1.29 is 0 Å². The molecule has 0 bridgehead atoms. The predicted molar refractivity (Wildman–Crippen MR) is 82.3 cm³/mol. The Morgan fingerprint density at radius 3 is 2.72 bits per heavy atom. The van der Waals surface area contributed by atoms with Crippen LogP contribution in [0.15, 0.2) is 29.4 Å². The van der Waals surface area contributed by atoms with Gasteiger partial charge in [-0.15, -0.1) is 0 Å². The monoisotopic (exact) mass is 283 g/mol. The second kappa shape index (κ2) is 8.89. The molecule has 1 aromatic carbocycles. The normalized spacial score (nSPS) is 10.6. The largest absolute Gasteiger partial charge is 0.361 e. The second-order valence-electron chi connectivity index (χ2n) is 3.88. The van der Waals surface area contributed by atoms with E-state index in [9.17, 15) is 0 Å². The van der Waals surface area contributed by atoms with Gasteiger partial charge in [-0.1, -0.05) is 43.5 Å². The highest BCUT2D eigenvalue weighted by molar-refractivity contribution is 7.80. The van der Waals surface area contributed by atoms with E-state index in [-0.39, 0.29) is 0 Å². The van der Waals surface area contributed by atoms with Crippen molar-refractivity contribution in [1.29, 1.82) is 0 Å². The molecule has 0 saturated heterocycles. The van der Waals surface area contributed by atoms with Gasteiger partial charge in [0.2, 0.25) is 0 Å². The Morgan fingerprint density at radius 2 is 2.06 bits per heavy atom. The van der Waals surface area contributed by atoms with Crippen LogP contribution >= 0.6 is 23.8 Å². The first-order valence-electron chi connectivity index (χ1n) is 6.05. The molecule has 5 heteroatoms. The summed E-state index contributed by atoms with van der Waals surface area (Å²) in [6.07, 6.45) is 5.25. The Kier molecular flexibility index (Phi) is 7.37. The van der Waals surface area contributed by atoms with Crippen LogP contribution in [-0.2, 0) is 0 Å². The number of hydrogen-bond acceptors (Lipinski definition) is 2. The Morgan fingerprint density at radius 1 is 1.33 bits per heavy atom. The number of halogens is 1. The smallest absolute Gasteiger partial charge is 0.186 e. The highest BCUT2D eigenvalue weighted by Crippen LogP contribution is 2.07. The fraction of sp³-hybridized carbons (Fsp3) is 0.385. The number of nitrogens with zero attached hydrogens (tertiary/aromatic N) is 1. The maximum atomic E-state index is 5.79. The van der Waals surface area contributed by atoms with E-state index in [4.69, 9.17) is 23.8 Å². The number of hydrogen-bond donors (Lipinski definition) is 2. The van der Waals surface area contributed by atoms with Crippen molar-refractivity contribution in [2.75, 3.05) is 6.54 Å². The minimum Gasteiger partial charge on any atom is -0.361 e. The topological polar surface area (TPSA) is 36.4 Å². The molecule has 1 rings (SSSR count). The van der Waals surface area contributed by atoms with Crippen molar-refractivity contribution in [2.24, 2.45) is 5.10 Å². The van der Waals surface area contributed by atoms with Crippen molar-refractivity contribution in [2.45, 2.75) is 26.2 Å². The van der Waals surface area contributed by atoms with E-state index in [0.29, 0.717) is 10.1 Å². The average Bonchev–Trinajstić information content (AvgIpc) is 2.37. The van der Waals surface area contributed by atoms with Crippen LogP contribution in [0.2, 0.25) is 5.02 Å². The summed E-state index contributed by atoms with van der Waals surface area (Å²) in [6.45, 7) is 3.06. The second-order valence-corrected chi connectivity index (χ2v) is 4.73. The van der Waals surface area contributed by atoms with Crippen molar-refractivity contribution in [3.8, 4) is 0 Å². The Balaban J connectivity index is 2.23. The molecule has 0 unspecified atom stereocenters. The van der Waals surface area contributed by atoms with Crippen molar-refractivity contribution in [3.05, 3.63) is 34.9 Å². The molecule has 0 saturated carbocycles. The zero-order valence-corrected chi connectivity index (χ0v) is 12.0. The third kappa shape index (κ3) is 6.57. The first-order chi connectivity index (χ1) is 8.72. The van der Waals surface area contributed by atoms with Crippen LogP contribution in [0.25, 0.3) is 0 Å². The molecule has 0 aromatic heterocycles. The van der Waals surface area contributed by atoms with E-state index in [1.165, 1.54) is 12.8 Å². The first kappa shape index (κ1) is 14.9. The number of unbranched alkanes of at least 4 members (excludes halogenated alkanes) is 2. The van der Waals surface area contributed by atoms with Gasteiger partial charge in [-0.2, -0.15) is 5.10 Å². The zero-order valence-electron chi connectivity index (χ0n) is 10.4. The summed E-state index contributed by atoms with van der Waals surface area (Å²) >= 11 is 10.9. The fourth-order valence-electron chi connectivity index (χ4n) is 1.33. The molecule has 1 aromatic rings. The highest BCUT2D eigenvalue weighted by Gasteiger charge is 1.92. The van der Waals surface area contributed by atoms with E-state index in [1.807, 2.05) is 24.3 Å². The fourth-order valence-corrected chi connectivity index (χ4v) is 1.61. The third-order valence-electron chi connectivity index (χ3n) is 2.32. The number of thiocarbonyl (C=S) groups is 1. The molecule has 0 spiro atoms. The Bertz CT molecular complexity index is 390. The highest BCUT2D eigenvalue weighted by atomic mass is 35.5. The summed E-state index contributed by atoms with van der Waals surface area (Å²) in [6, 6.07) is 7.44. The summed E-state index contributed by atoms with van der Waals surface area (Å²) in [5.41, 5.74) is 3.75. The molecular formula is C13H18ClN3S. The predicted octanol–water partition coefficient (Wildman–Crippen LogP) is 3.33. The Hall–Kier alpha value is -1.13. The number of rotatable bonds is 6. The number of nitrogens with one attached hydrogen (secondary N) is 2. The quantitative estimate of drug-likeness (QED) is 0.364. The van der Waals surface area contributed by atoms with Crippen LogP contribution in [0, 0.1) is 0 Å². The summed E-state index contributed by atoms with van der Waals surface area (Å²) < 4.78 is 0. The van der Waals surface area contributed by atoms with Gasteiger partial charge >= 0.3 is 0 Å². The van der Waals surface area contributed by atoms with Crippen LogP contribution in [-0.4, -0.2) is 17.9 Å². The Labute approximate surface area is 119 Å². The van der Waals surface area contributed by atoms with Crippen molar-refractivity contribution >= 4 is 35.1 Å². The van der Waals surface area contributed by atoms with Gasteiger partial charge in [-0.05, 0) is 36.3 Å². The molecule has 0 aliphatic carbocycles. The number of benzene rings is 1. The van der Waals surface area contributed by atoms with Crippen molar-refractivity contribution in [1.82, 2.24) is 10.7 Å². The van der Waals surface area contributed by atoms with Crippen LogP contribution in [0.3, 0.4) is 0 Å². The lowest BCUT2D eigenvalue weighted by Gasteiger charge is -2.05. The van der Waals surface area contributed by atoms with Gasteiger partial charge in [0.1, 0.15) is 0 Å². The minimum atomic E-state index is 0.552. The van der Waals surface area contributed by atoms with Crippen LogP contribution in [0.5, 0.6) is 0 Å². The van der Waals surface area contributed by atoms with Crippen LogP contribution in [0.4, 0.5) is 0 Å². The summed E-state index contributed by atoms with van der Waals surface area (Å²) in [5, 5.41) is 8.41. The molecule has 0 aliphatic heterocycles.